The van der Waals surface area contributed by atoms with Gasteiger partial charge in [-0.15, -0.1) is 0 Å². The Morgan fingerprint density at radius 1 is 1.06 bits per heavy atom. The van der Waals surface area contributed by atoms with Crippen LogP contribution in [0, 0.1) is 6.92 Å². The Balaban J connectivity index is 1.33. The number of thiocarbonyl (C=S) groups is 1. The zero-order valence-corrected chi connectivity index (χ0v) is 19.6. The van der Waals surface area contributed by atoms with Crippen molar-refractivity contribution in [3.05, 3.63) is 100 Å². The lowest BCUT2D eigenvalue weighted by Crippen LogP contribution is -2.27. The Bertz CT molecular complexity index is 1210. The highest BCUT2D eigenvalue weighted by Crippen LogP contribution is 2.33. The Hall–Kier alpha value is -3.42. The number of benzene rings is 3. The van der Waals surface area contributed by atoms with Gasteiger partial charge < -0.3 is 10.1 Å². The van der Waals surface area contributed by atoms with Gasteiger partial charge in [-0.3, -0.25) is 14.5 Å². The molecule has 1 N–H and O–H groups in total. The summed E-state index contributed by atoms with van der Waals surface area (Å²) >= 11 is 6.71. The summed E-state index contributed by atoms with van der Waals surface area (Å²) in [7, 11) is 0. The molecule has 7 heteroatoms. The van der Waals surface area contributed by atoms with Crippen molar-refractivity contribution >= 4 is 51.9 Å². The molecule has 0 unspecified atom stereocenters. The van der Waals surface area contributed by atoms with Gasteiger partial charge in [0.2, 0.25) is 0 Å². The standard InChI is InChI=1S/C26H22N2O3S2/c1-18-6-5-9-21(14-18)27-24(29)17-31-22-12-10-19(11-13-22)15-23-25(30)28(26(32)33-23)16-20-7-3-2-4-8-20/h2-15H,16-17H2,1H3,(H,27,29)/b23-15-. The molecule has 0 aromatic heterocycles. The largest absolute Gasteiger partial charge is 0.484 e. The van der Waals surface area contributed by atoms with Gasteiger partial charge in [0.25, 0.3) is 11.8 Å². The normalized spacial score (nSPS) is 14.6. The molecule has 0 saturated carbocycles. The highest BCUT2D eigenvalue weighted by atomic mass is 32.2. The number of nitrogens with one attached hydrogen (secondary N) is 1. The summed E-state index contributed by atoms with van der Waals surface area (Å²) in [6, 6.07) is 24.6. The van der Waals surface area contributed by atoms with E-state index in [1.807, 2.05) is 79.7 Å². The van der Waals surface area contributed by atoms with Crippen LogP contribution >= 0.6 is 24.0 Å². The van der Waals surface area contributed by atoms with E-state index in [4.69, 9.17) is 17.0 Å². The molecule has 1 aliphatic rings. The van der Waals surface area contributed by atoms with E-state index in [0.717, 1.165) is 22.4 Å². The fourth-order valence-corrected chi connectivity index (χ4v) is 4.54. The predicted octanol–water partition coefficient (Wildman–Crippen LogP) is 5.41. The van der Waals surface area contributed by atoms with Crippen molar-refractivity contribution in [1.29, 1.82) is 0 Å². The minimum Gasteiger partial charge on any atom is -0.484 e. The molecule has 1 saturated heterocycles. The van der Waals surface area contributed by atoms with Gasteiger partial charge in [0.1, 0.15) is 10.1 Å². The zero-order valence-electron chi connectivity index (χ0n) is 18.0. The number of ether oxygens (including phenoxy) is 1. The third kappa shape index (κ3) is 6.09. The molecule has 33 heavy (non-hydrogen) atoms. The van der Waals surface area contributed by atoms with Crippen molar-refractivity contribution in [2.45, 2.75) is 13.5 Å². The lowest BCUT2D eigenvalue weighted by molar-refractivity contribution is -0.122. The molecule has 1 heterocycles. The second-order valence-electron chi connectivity index (χ2n) is 7.53. The van der Waals surface area contributed by atoms with Crippen LogP contribution in [0.3, 0.4) is 0 Å². The first-order valence-corrected chi connectivity index (χ1v) is 11.6. The van der Waals surface area contributed by atoms with Gasteiger partial charge in [-0.05, 0) is 54.0 Å². The molecule has 0 bridgehead atoms. The number of hydrogen-bond acceptors (Lipinski definition) is 5. The van der Waals surface area contributed by atoms with Gasteiger partial charge in [0.05, 0.1) is 11.4 Å². The number of amides is 2. The Labute approximate surface area is 202 Å². The molecule has 166 valence electrons. The van der Waals surface area contributed by atoms with Gasteiger partial charge >= 0.3 is 0 Å². The van der Waals surface area contributed by atoms with Gasteiger partial charge in [0.15, 0.2) is 6.61 Å². The number of aryl methyl sites for hydroxylation is 1. The van der Waals surface area contributed by atoms with Crippen LogP contribution in [0.25, 0.3) is 6.08 Å². The van der Waals surface area contributed by atoms with Crippen molar-refractivity contribution in [2.24, 2.45) is 0 Å². The summed E-state index contributed by atoms with van der Waals surface area (Å²) in [5, 5.41) is 2.81. The Morgan fingerprint density at radius 2 is 1.82 bits per heavy atom. The van der Waals surface area contributed by atoms with E-state index in [9.17, 15) is 9.59 Å². The number of rotatable bonds is 7. The minimum absolute atomic E-state index is 0.0918. The van der Waals surface area contributed by atoms with Crippen LogP contribution in [0.5, 0.6) is 5.75 Å². The van der Waals surface area contributed by atoms with Gasteiger partial charge in [-0.1, -0.05) is 78.6 Å². The topological polar surface area (TPSA) is 58.6 Å². The maximum atomic E-state index is 12.8. The SMILES string of the molecule is Cc1cccc(NC(=O)COc2ccc(/C=C3\SC(=S)N(Cc4ccccc4)C3=O)cc2)c1. The zero-order chi connectivity index (χ0) is 23.2. The van der Waals surface area contributed by atoms with E-state index in [2.05, 4.69) is 5.32 Å². The van der Waals surface area contributed by atoms with E-state index in [0.29, 0.717) is 21.5 Å². The van der Waals surface area contributed by atoms with Gasteiger partial charge in [-0.25, -0.2) is 0 Å². The number of nitrogens with zero attached hydrogens (tertiary/aromatic N) is 1. The molecule has 0 atom stereocenters. The Morgan fingerprint density at radius 3 is 2.55 bits per heavy atom. The first kappa shape index (κ1) is 22.8. The van der Waals surface area contributed by atoms with Crippen LogP contribution < -0.4 is 10.1 Å². The fourth-order valence-electron chi connectivity index (χ4n) is 3.28. The molecule has 3 aromatic rings. The number of anilines is 1. The third-order valence-corrected chi connectivity index (χ3v) is 6.28. The minimum atomic E-state index is -0.230. The molecule has 4 rings (SSSR count). The summed E-state index contributed by atoms with van der Waals surface area (Å²) < 4.78 is 6.13. The highest BCUT2D eigenvalue weighted by Gasteiger charge is 2.31. The first-order valence-electron chi connectivity index (χ1n) is 10.4. The molecule has 5 nitrogen and oxygen atoms in total. The molecular formula is C26H22N2O3S2. The van der Waals surface area contributed by atoms with Crippen molar-refractivity contribution in [3.8, 4) is 5.75 Å². The third-order valence-electron chi connectivity index (χ3n) is 4.91. The van der Waals surface area contributed by atoms with Crippen LogP contribution in [0.2, 0.25) is 0 Å². The van der Waals surface area contributed by atoms with Crippen molar-refractivity contribution in [3.63, 3.8) is 0 Å². The van der Waals surface area contributed by atoms with Crippen molar-refractivity contribution in [1.82, 2.24) is 4.90 Å². The van der Waals surface area contributed by atoms with Gasteiger partial charge in [-0.2, -0.15) is 0 Å². The average molecular weight is 475 g/mol. The van der Waals surface area contributed by atoms with E-state index in [1.165, 1.54) is 11.8 Å². The molecular weight excluding hydrogens is 452 g/mol. The maximum absolute atomic E-state index is 12.8. The smallest absolute Gasteiger partial charge is 0.266 e. The van der Waals surface area contributed by atoms with Crippen LogP contribution in [0.4, 0.5) is 5.69 Å². The summed E-state index contributed by atoms with van der Waals surface area (Å²) in [4.78, 5) is 27.1. The molecule has 0 spiro atoms. The predicted molar refractivity (Wildman–Crippen MR) is 137 cm³/mol. The molecule has 1 fully saturated rings. The second-order valence-corrected chi connectivity index (χ2v) is 9.20. The van der Waals surface area contributed by atoms with Gasteiger partial charge in [0, 0.05) is 5.69 Å². The number of hydrogen-bond donors (Lipinski definition) is 1. The summed E-state index contributed by atoms with van der Waals surface area (Å²) in [6.07, 6.45) is 1.82. The van der Waals surface area contributed by atoms with E-state index in [1.54, 1.807) is 17.0 Å². The van der Waals surface area contributed by atoms with Crippen LogP contribution in [-0.2, 0) is 16.1 Å². The molecule has 0 aliphatic carbocycles. The van der Waals surface area contributed by atoms with E-state index >= 15 is 0 Å². The van der Waals surface area contributed by atoms with Crippen molar-refractivity contribution < 1.29 is 14.3 Å². The highest BCUT2D eigenvalue weighted by molar-refractivity contribution is 8.26. The van der Waals surface area contributed by atoms with Crippen LogP contribution in [0.15, 0.2) is 83.8 Å². The average Bonchev–Trinajstić information content (AvgIpc) is 3.06. The molecule has 0 radical (unpaired) electrons. The number of carbonyl (C=O) groups is 2. The summed E-state index contributed by atoms with van der Waals surface area (Å²) in [5.41, 5.74) is 3.69. The summed E-state index contributed by atoms with van der Waals surface area (Å²) in [6.45, 7) is 2.33. The van der Waals surface area contributed by atoms with Crippen molar-refractivity contribution in [2.75, 3.05) is 11.9 Å². The monoisotopic (exact) mass is 474 g/mol. The number of carbonyl (C=O) groups excluding carboxylic acids is 2. The molecule has 3 aromatic carbocycles. The Kier molecular flexibility index (Phi) is 7.22. The lowest BCUT2D eigenvalue weighted by Gasteiger charge is -2.14. The molecule has 1 aliphatic heterocycles. The number of thioether (sulfide) groups is 1. The second kappa shape index (κ2) is 10.5. The summed E-state index contributed by atoms with van der Waals surface area (Å²) in [5.74, 6) is 0.247. The maximum Gasteiger partial charge on any atom is 0.266 e. The fraction of sp³-hybridized carbons (Fsp3) is 0.115. The first-order chi connectivity index (χ1) is 16.0. The van der Waals surface area contributed by atoms with E-state index in [-0.39, 0.29) is 18.4 Å². The lowest BCUT2D eigenvalue weighted by atomic mass is 10.2. The van der Waals surface area contributed by atoms with Crippen LogP contribution in [0.1, 0.15) is 16.7 Å². The van der Waals surface area contributed by atoms with Crippen LogP contribution in [-0.4, -0.2) is 27.6 Å². The van der Waals surface area contributed by atoms with E-state index < -0.39 is 0 Å². The molecule has 2 amide bonds. The quantitative estimate of drug-likeness (QED) is 0.366.